The van der Waals surface area contributed by atoms with Gasteiger partial charge < -0.3 is 9.13 Å². The first kappa shape index (κ1) is 34.8. The van der Waals surface area contributed by atoms with Gasteiger partial charge in [0.15, 0.2) is 0 Å². The van der Waals surface area contributed by atoms with Gasteiger partial charge in [-0.2, -0.15) is 0 Å². The molecule has 0 fully saturated rings. The van der Waals surface area contributed by atoms with Crippen LogP contribution in [0.25, 0.3) is 122 Å². The number of benzene rings is 8. The van der Waals surface area contributed by atoms with E-state index in [-0.39, 0.29) is 0 Å². The highest BCUT2D eigenvalue weighted by molar-refractivity contribution is 6.27. The number of rotatable bonds is 5. The normalized spacial score (nSPS) is 12.1. The lowest BCUT2D eigenvalue weighted by Gasteiger charge is -2.11. The van der Waals surface area contributed by atoms with Crippen LogP contribution < -0.4 is 0 Å². The maximum Gasteiger partial charge on any atom is 0.234 e. The Hall–Kier alpha value is -8.88. The first-order valence-electron chi connectivity index (χ1n) is 21.5. The summed E-state index contributed by atoms with van der Waals surface area (Å²) in [6, 6.07) is 65.1. The second-order valence-electron chi connectivity index (χ2n) is 16.3. The Labute approximate surface area is 365 Å². The Bertz CT molecular complexity index is 4160. The minimum atomic E-state index is 0.634. The number of fused-ring (bicyclic) bond motifs is 14. The van der Waals surface area contributed by atoms with Gasteiger partial charge in [0.05, 0.1) is 44.1 Å². The molecule has 0 aliphatic carbocycles. The summed E-state index contributed by atoms with van der Waals surface area (Å²) in [4.78, 5) is 19.1. The zero-order chi connectivity index (χ0) is 41.9. The molecule has 0 amide bonds. The molecule has 298 valence electrons. The lowest BCUT2D eigenvalue weighted by molar-refractivity contribution is 0.988. The highest BCUT2D eigenvalue weighted by atomic mass is 15.2. The molecular weight excluding hydrogens is 785 g/mol. The van der Waals surface area contributed by atoms with Crippen molar-refractivity contribution in [2.24, 2.45) is 0 Å². The van der Waals surface area contributed by atoms with Gasteiger partial charge in [-0.3, -0.25) is 9.13 Å². The fourth-order valence-electron chi connectivity index (χ4n) is 10.4. The predicted octanol–water partition coefficient (Wildman–Crippen LogP) is 13.3. The fraction of sp³-hybridized carbons (Fsp3) is 0. The number of nitrogens with zero attached hydrogens (tertiary/aromatic N) is 8. The van der Waals surface area contributed by atoms with Crippen molar-refractivity contribution in [2.45, 2.75) is 0 Å². The molecule has 0 atom stereocenters. The van der Waals surface area contributed by atoms with Crippen molar-refractivity contribution in [3.05, 3.63) is 207 Å². The van der Waals surface area contributed by atoms with Crippen LogP contribution in [0.3, 0.4) is 0 Å². The lowest BCUT2D eigenvalue weighted by atomic mass is 10.0. The number of hydrogen-bond donors (Lipinski definition) is 0. The minimum Gasteiger partial charge on any atom is -0.309 e. The minimum absolute atomic E-state index is 0.634. The van der Waals surface area contributed by atoms with Crippen LogP contribution in [0, 0.1) is 0 Å². The van der Waals surface area contributed by atoms with Gasteiger partial charge in [-0.1, -0.05) is 109 Å². The van der Waals surface area contributed by atoms with E-state index in [1.54, 1.807) is 0 Å². The molecule has 8 aromatic carbocycles. The van der Waals surface area contributed by atoms with Crippen LogP contribution >= 0.6 is 0 Å². The Balaban J connectivity index is 0.975. The van der Waals surface area contributed by atoms with Crippen LogP contribution in [0.15, 0.2) is 207 Å². The zero-order valence-electron chi connectivity index (χ0n) is 34.2. The molecule has 0 unspecified atom stereocenters. The van der Waals surface area contributed by atoms with Crippen LogP contribution in [0.1, 0.15) is 0 Å². The molecule has 6 heterocycles. The van der Waals surface area contributed by atoms with Gasteiger partial charge in [-0.25, -0.2) is 19.9 Å². The van der Waals surface area contributed by atoms with Crippen molar-refractivity contribution >= 4 is 87.2 Å². The molecule has 0 bridgehead atoms. The highest BCUT2D eigenvalue weighted by Gasteiger charge is 2.24. The summed E-state index contributed by atoms with van der Waals surface area (Å²) in [5.74, 6) is 1.29. The average Bonchev–Trinajstić information content (AvgIpc) is 4.09. The summed E-state index contributed by atoms with van der Waals surface area (Å²) in [6.07, 6.45) is 7.25. The van der Waals surface area contributed by atoms with E-state index >= 15 is 0 Å². The van der Waals surface area contributed by atoms with Gasteiger partial charge in [0, 0.05) is 79.3 Å². The quantitative estimate of drug-likeness (QED) is 0.173. The Morgan fingerprint density at radius 1 is 0.266 bits per heavy atom. The average molecular weight is 819 g/mol. The molecule has 0 saturated carbocycles. The van der Waals surface area contributed by atoms with Gasteiger partial charge in [-0.05, 0) is 83.9 Å². The molecule has 0 spiro atoms. The molecule has 6 aromatic heterocycles. The van der Waals surface area contributed by atoms with Crippen molar-refractivity contribution in [2.75, 3.05) is 0 Å². The predicted molar refractivity (Wildman–Crippen MR) is 260 cm³/mol. The van der Waals surface area contributed by atoms with Gasteiger partial charge in [0.2, 0.25) is 11.9 Å². The van der Waals surface area contributed by atoms with Crippen molar-refractivity contribution in [3.63, 3.8) is 0 Å². The van der Waals surface area contributed by atoms with E-state index in [1.165, 1.54) is 48.7 Å². The van der Waals surface area contributed by atoms with Crippen LogP contribution in [0.2, 0.25) is 0 Å². The number of aromatic nitrogens is 8. The molecule has 8 heteroatoms. The van der Waals surface area contributed by atoms with E-state index < -0.39 is 0 Å². The second kappa shape index (κ2) is 13.3. The van der Waals surface area contributed by atoms with Crippen molar-refractivity contribution < 1.29 is 0 Å². The van der Waals surface area contributed by atoms with E-state index in [2.05, 4.69) is 188 Å². The fourth-order valence-corrected chi connectivity index (χ4v) is 10.4. The second-order valence-corrected chi connectivity index (χ2v) is 16.3. The van der Waals surface area contributed by atoms with Gasteiger partial charge >= 0.3 is 0 Å². The smallest absolute Gasteiger partial charge is 0.234 e. The molecule has 0 N–H and O–H groups in total. The molecule has 0 radical (unpaired) electrons. The maximum absolute atomic E-state index is 4.80. The summed E-state index contributed by atoms with van der Waals surface area (Å²) in [5, 5.41) is 9.42. The Morgan fingerprint density at radius 2 is 0.719 bits per heavy atom. The molecular formula is C56H34N8. The van der Waals surface area contributed by atoms with Crippen LogP contribution in [-0.4, -0.2) is 38.2 Å². The van der Waals surface area contributed by atoms with E-state index in [4.69, 9.17) is 19.9 Å². The molecule has 8 nitrogen and oxygen atoms in total. The van der Waals surface area contributed by atoms with Crippen molar-refractivity contribution in [1.82, 2.24) is 38.2 Å². The van der Waals surface area contributed by atoms with Gasteiger partial charge in [0.25, 0.3) is 0 Å². The van der Waals surface area contributed by atoms with Crippen molar-refractivity contribution in [3.8, 4) is 34.4 Å². The molecule has 14 aromatic rings. The molecule has 0 saturated heterocycles. The first-order chi connectivity index (χ1) is 31.8. The summed E-state index contributed by atoms with van der Waals surface area (Å²) in [7, 11) is 0. The summed E-state index contributed by atoms with van der Waals surface area (Å²) >= 11 is 0. The van der Waals surface area contributed by atoms with Crippen molar-refractivity contribution in [1.29, 1.82) is 0 Å². The van der Waals surface area contributed by atoms with Gasteiger partial charge in [0.1, 0.15) is 0 Å². The Kier molecular flexibility index (Phi) is 7.23. The summed E-state index contributed by atoms with van der Waals surface area (Å²) < 4.78 is 9.22. The monoisotopic (exact) mass is 818 g/mol. The molecule has 64 heavy (non-hydrogen) atoms. The van der Waals surface area contributed by atoms with E-state index in [0.29, 0.717) is 11.9 Å². The van der Waals surface area contributed by atoms with Crippen LogP contribution in [0.5, 0.6) is 0 Å². The highest BCUT2D eigenvalue weighted by Crippen LogP contribution is 2.44. The Morgan fingerprint density at radius 3 is 1.36 bits per heavy atom. The molecule has 0 aliphatic rings. The third-order valence-corrected chi connectivity index (χ3v) is 13.0. The summed E-state index contributed by atoms with van der Waals surface area (Å²) in [6.45, 7) is 0. The third kappa shape index (κ3) is 4.81. The van der Waals surface area contributed by atoms with Crippen LogP contribution in [-0.2, 0) is 0 Å². The topological polar surface area (TPSA) is 71.3 Å². The summed E-state index contributed by atoms with van der Waals surface area (Å²) in [5.41, 5.74) is 13.3. The number of hydrogen-bond acceptors (Lipinski definition) is 4. The largest absolute Gasteiger partial charge is 0.309 e. The van der Waals surface area contributed by atoms with E-state index in [1.807, 2.05) is 36.9 Å². The van der Waals surface area contributed by atoms with Gasteiger partial charge in [-0.15, -0.1) is 0 Å². The van der Waals surface area contributed by atoms with E-state index in [0.717, 1.165) is 61.0 Å². The van der Waals surface area contributed by atoms with E-state index in [9.17, 15) is 0 Å². The zero-order valence-corrected chi connectivity index (χ0v) is 34.2. The van der Waals surface area contributed by atoms with Crippen LogP contribution in [0.4, 0.5) is 0 Å². The molecule has 14 rings (SSSR count). The SMILES string of the molecule is c1ccc(-n2c3ccccc3c3ccc4c(c5ccc(-c6ccc(-n7c8ccccc8c8c7ccc7c9ccccc9n(-c9ncccn9)c78)cc6)cc5n4-c4ncccn4)c32)cc1. The maximum atomic E-state index is 4.80. The third-order valence-electron chi connectivity index (χ3n) is 13.0. The first-order valence-corrected chi connectivity index (χ1v) is 21.5. The standard InChI is InChI=1S/C56H34N8/c1-2-12-37(13-3-1)62-45-17-7-4-14-39(45)41-27-29-49-52(53(41)62)44-25-22-36(34-50(44)63(49)55-57-30-10-31-58-55)35-20-23-38(24-21-35)61-47-19-9-6-16-43(47)51-48(61)28-26-42-40-15-5-8-18-46(40)64(54(42)51)56-59-32-11-33-60-56/h1-34H. The lowest BCUT2D eigenvalue weighted by Crippen LogP contribution is -2.00. The molecule has 0 aliphatic heterocycles. The number of para-hydroxylation sites is 4.